The molecule has 0 rings (SSSR count). The van der Waals surface area contributed by atoms with E-state index in [1.54, 1.807) is 6.08 Å². The lowest BCUT2D eigenvalue weighted by Crippen LogP contribution is -2.25. The molecule has 0 aliphatic rings. The minimum absolute atomic E-state index is 0.146. The van der Waals surface area contributed by atoms with E-state index in [-0.39, 0.29) is 37.4 Å². The van der Waals surface area contributed by atoms with Crippen molar-refractivity contribution in [2.75, 3.05) is 13.2 Å². The van der Waals surface area contributed by atoms with Crippen molar-refractivity contribution in [1.29, 1.82) is 0 Å². The summed E-state index contributed by atoms with van der Waals surface area (Å²) >= 11 is 0. The van der Waals surface area contributed by atoms with Crippen LogP contribution in [0.15, 0.2) is 48.6 Å². The zero-order chi connectivity index (χ0) is 35.2. The predicted octanol–water partition coefficient (Wildman–Crippen LogP) is 11.4. The molecule has 6 nitrogen and oxygen atoms in total. The maximum Gasteiger partial charge on any atom is 0.305 e. The Balaban J connectivity index is 3.57. The molecule has 6 heteroatoms. The number of rotatable bonds is 35. The highest BCUT2D eigenvalue weighted by Crippen LogP contribution is 2.14. The third-order valence-corrected chi connectivity index (χ3v) is 8.29. The summed E-state index contributed by atoms with van der Waals surface area (Å²) in [7, 11) is 0. The van der Waals surface area contributed by atoms with E-state index >= 15 is 0 Å². The topological polar surface area (TPSA) is 89.9 Å². The van der Waals surface area contributed by atoms with Crippen molar-refractivity contribution in [3.63, 3.8) is 0 Å². The molecule has 48 heavy (non-hydrogen) atoms. The van der Waals surface area contributed by atoms with Crippen LogP contribution in [0.1, 0.15) is 181 Å². The lowest BCUT2D eigenvalue weighted by Gasteiger charge is -2.12. The van der Waals surface area contributed by atoms with Crippen LogP contribution in [0.25, 0.3) is 0 Å². The third-order valence-electron chi connectivity index (χ3n) is 8.29. The Hall–Kier alpha value is -2.47. The van der Waals surface area contributed by atoms with Crippen LogP contribution in [0, 0.1) is 0 Å². The van der Waals surface area contributed by atoms with E-state index in [4.69, 9.17) is 9.47 Å². The normalized spacial score (nSPS) is 12.6. The van der Waals surface area contributed by atoms with Crippen molar-refractivity contribution in [3.05, 3.63) is 48.6 Å². The molecule has 0 aromatic heterocycles. The Morgan fingerprint density at radius 2 is 0.917 bits per heavy atom. The van der Waals surface area contributed by atoms with Gasteiger partial charge in [-0.2, -0.15) is 0 Å². The van der Waals surface area contributed by atoms with Gasteiger partial charge in [0.15, 0.2) is 5.78 Å². The van der Waals surface area contributed by atoms with Crippen LogP contribution in [0.3, 0.4) is 0 Å². The van der Waals surface area contributed by atoms with Gasteiger partial charge in [-0.1, -0.05) is 166 Å². The summed E-state index contributed by atoms with van der Waals surface area (Å²) in [5.74, 6) is -0.472. The van der Waals surface area contributed by atoms with Crippen LogP contribution in [-0.4, -0.2) is 42.1 Å². The number of unbranched alkanes of at least 4 members (excludes halogenated alkanes) is 18. The number of aliphatic hydroxyl groups excluding tert-OH is 1. The lowest BCUT2D eigenvalue weighted by molar-refractivity contribution is -0.152. The highest BCUT2D eigenvalue weighted by molar-refractivity contribution is 5.89. The summed E-state index contributed by atoms with van der Waals surface area (Å²) in [5, 5.41) is 10.00. The molecular weight excluding hydrogens is 600 g/mol. The van der Waals surface area contributed by atoms with Crippen LogP contribution in [0.5, 0.6) is 0 Å². The molecular formula is C42H72O6. The number of esters is 2. The van der Waals surface area contributed by atoms with E-state index in [1.807, 2.05) is 24.3 Å². The molecule has 0 bridgehead atoms. The molecule has 276 valence electrons. The van der Waals surface area contributed by atoms with E-state index in [0.29, 0.717) is 19.3 Å². The summed E-state index contributed by atoms with van der Waals surface area (Å²) < 4.78 is 10.3. The average Bonchev–Trinajstić information content (AvgIpc) is 3.08. The molecule has 0 saturated heterocycles. The molecule has 0 aliphatic heterocycles. The summed E-state index contributed by atoms with van der Waals surface area (Å²) in [6.45, 7) is 4.09. The summed E-state index contributed by atoms with van der Waals surface area (Å²) in [6, 6.07) is 0. The van der Waals surface area contributed by atoms with E-state index in [1.165, 1.54) is 83.5 Å². The first-order chi connectivity index (χ1) is 23.5. The molecule has 0 fully saturated rings. The SMILES string of the molecule is CCCCCCCCCCCCCCCCCCC(=O)OC[C@@H](O)COC(=O)CCC/C=C\C/C=C\C/C=C\C=C\C(=O)CCCCC. The highest BCUT2D eigenvalue weighted by Gasteiger charge is 2.12. The molecule has 0 spiro atoms. The number of allylic oxidation sites excluding steroid dienone is 8. The molecule has 0 aromatic rings. The number of hydrogen-bond donors (Lipinski definition) is 1. The van der Waals surface area contributed by atoms with Gasteiger partial charge in [0.1, 0.15) is 19.3 Å². The number of carbonyl (C=O) groups is 3. The van der Waals surface area contributed by atoms with Crippen molar-refractivity contribution in [2.45, 2.75) is 187 Å². The number of ketones is 1. The van der Waals surface area contributed by atoms with Crippen molar-refractivity contribution in [1.82, 2.24) is 0 Å². The van der Waals surface area contributed by atoms with Gasteiger partial charge in [0.05, 0.1) is 0 Å². The van der Waals surface area contributed by atoms with Crippen LogP contribution >= 0.6 is 0 Å². The van der Waals surface area contributed by atoms with Gasteiger partial charge in [0, 0.05) is 19.3 Å². The molecule has 0 unspecified atom stereocenters. The van der Waals surface area contributed by atoms with Gasteiger partial charge in [-0.05, 0) is 44.6 Å². The number of aliphatic hydroxyl groups is 1. The van der Waals surface area contributed by atoms with Gasteiger partial charge in [-0.15, -0.1) is 0 Å². The molecule has 0 aliphatic carbocycles. The third kappa shape index (κ3) is 36.4. The smallest absolute Gasteiger partial charge is 0.305 e. The highest BCUT2D eigenvalue weighted by atomic mass is 16.6. The Labute approximate surface area is 294 Å². The van der Waals surface area contributed by atoms with E-state index in [0.717, 1.165) is 57.8 Å². The minimum atomic E-state index is -1.00. The van der Waals surface area contributed by atoms with Gasteiger partial charge >= 0.3 is 11.9 Å². The monoisotopic (exact) mass is 673 g/mol. The van der Waals surface area contributed by atoms with Gasteiger partial charge < -0.3 is 14.6 Å². The average molecular weight is 673 g/mol. The molecule has 1 atom stereocenters. The molecule has 0 heterocycles. The largest absolute Gasteiger partial charge is 0.463 e. The fourth-order valence-electron chi connectivity index (χ4n) is 5.27. The number of ether oxygens (including phenoxy) is 2. The molecule has 0 radical (unpaired) electrons. The quantitative estimate of drug-likeness (QED) is 0.0237. The van der Waals surface area contributed by atoms with E-state index < -0.39 is 6.10 Å². The van der Waals surface area contributed by atoms with Gasteiger partial charge in [0.2, 0.25) is 0 Å². The number of carbonyl (C=O) groups excluding carboxylic acids is 3. The van der Waals surface area contributed by atoms with E-state index in [2.05, 4.69) is 32.1 Å². The summed E-state index contributed by atoms with van der Waals surface area (Å²) in [4.78, 5) is 35.5. The predicted molar refractivity (Wildman–Crippen MR) is 201 cm³/mol. The first kappa shape index (κ1) is 45.5. The van der Waals surface area contributed by atoms with Crippen molar-refractivity contribution >= 4 is 17.7 Å². The van der Waals surface area contributed by atoms with Crippen molar-refractivity contribution < 1.29 is 29.0 Å². The fourth-order valence-corrected chi connectivity index (χ4v) is 5.27. The van der Waals surface area contributed by atoms with Crippen molar-refractivity contribution in [2.24, 2.45) is 0 Å². The van der Waals surface area contributed by atoms with Gasteiger partial charge in [-0.25, -0.2) is 0 Å². The molecule has 1 N–H and O–H groups in total. The zero-order valence-corrected chi connectivity index (χ0v) is 31.0. The van der Waals surface area contributed by atoms with Crippen LogP contribution in [0.4, 0.5) is 0 Å². The standard InChI is InChI=1S/C42H72O6/c1-3-5-7-8-9-10-11-12-13-14-15-18-21-24-27-31-35-41(45)47-37-40(44)38-48-42(46)36-32-28-25-22-19-16-17-20-23-26-30-34-39(43)33-29-6-4-2/h16-17,22-23,25-26,30,34,40,44H,3-15,18-21,24,27-29,31-33,35-38H2,1-2H3/b17-16-,25-22-,26-23-,34-30+/t40-/m1/s1. The lowest BCUT2D eigenvalue weighted by atomic mass is 10.0. The fraction of sp³-hybridized carbons (Fsp3) is 0.738. The zero-order valence-electron chi connectivity index (χ0n) is 31.0. The van der Waals surface area contributed by atoms with E-state index in [9.17, 15) is 19.5 Å². The molecule has 0 amide bonds. The summed E-state index contributed by atoms with van der Waals surface area (Å²) in [5.41, 5.74) is 0. The Morgan fingerprint density at radius 3 is 1.46 bits per heavy atom. The second-order valence-electron chi connectivity index (χ2n) is 13.1. The Morgan fingerprint density at radius 1 is 0.500 bits per heavy atom. The van der Waals surface area contributed by atoms with Gasteiger partial charge in [-0.3, -0.25) is 14.4 Å². The second-order valence-corrected chi connectivity index (χ2v) is 13.1. The molecule has 0 saturated carbocycles. The van der Waals surface area contributed by atoms with Gasteiger partial charge in [0.25, 0.3) is 0 Å². The maximum absolute atomic E-state index is 12.0. The summed E-state index contributed by atoms with van der Waals surface area (Å²) in [6.07, 6.45) is 42.9. The minimum Gasteiger partial charge on any atom is -0.463 e. The number of hydrogen-bond acceptors (Lipinski definition) is 6. The van der Waals surface area contributed by atoms with Crippen molar-refractivity contribution in [3.8, 4) is 0 Å². The Bertz CT molecular complexity index is 871. The van der Waals surface area contributed by atoms with Crippen LogP contribution in [0.2, 0.25) is 0 Å². The second kappa shape index (κ2) is 37.4. The van der Waals surface area contributed by atoms with Crippen LogP contribution < -0.4 is 0 Å². The van der Waals surface area contributed by atoms with Crippen LogP contribution in [-0.2, 0) is 23.9 Å². The maximum atomic E-state index is 12.0. The Kier molecular flexibility index (Phi) is 35.4. The first-order valence-electron chi connectivity index (χ1n) is 19.6. The molecule has 0 aromatic carbocycles. The first-order valence-corrected chi connectivity index (χ1v) is 19.6.